The van der Waals surface area contributed by atoms with Crippen LogP contribution in [0.2, 0.25) is 0 Å². The van der Waals surface area contributed by atoms with E-state index in [-0.39, 0.29) is 5.41 Å². The molecule has 0 saturated carbocycles. The van der Waals surface area contributed by atoms with Crippen molar-refractivity contribution in [2.24, 2.45) is 0 Å². The molecule has 0 bridgehead atoms. The number of benzene rings is 8. The molecular weight excluding hydrogens is 801 g/mol. The molecule has 0 unspecified atom stereocenters. The first kappa shape index (κ1) is 40.5. The van der Waals surface area contributed by atoms with E-state index in [4.69, 9.17) is 39.4 Å². The second kappa shape index (κ2) is 18.0. The predicted octanol–water partition coefficient (Wildman–Crippen LogP) is 14.0. The lowest BCUT2D eigenvalue weighted by atomic mass is 9.78. The normalized spacial score (nSPS) is 11.2. The third-order valence-corrected chi connectivity index (χ3v) is 11.2. The maximum absolute atomic E-state index is 6.30. The van der Waals surface area contributed by atoms with Crippen molar-refractivity contribution in [1.82, 2.24) is 29.9 Å². The lowest BCUT2D eigenvalue weighted by Gasteiger charge is -2.26. The van der Waals surface area contributed by atoms with Gasteiger partial charge in [0, 0.05) is 38.8 Å². The van der Waals surface area contributed by atoms with Crippen LogP contribution in [0, 0.1) is 0 Å². The smallest absolute Gasteiger partial charge is 0.164 e. The molecular formula is C57H42N6O2. The number of hydrogen-bond acceptors (Lipinski definition) is 8. The highest BCUT2D eigenvalue weighted by Gasteiger charge is 2.23. The molecule has 8 aromatic carbocycles. The van der Waals surface area contributed by atoms with Gasteiger partial charge in [-0.05, 0) is 83.9 Å². The van der Waals surface area contributed by atoms with Crippen LogP contribution in [0.3, 0.4) is 0 Å². The Morgan fingerprint density at radius 2 is 0.446 bits per heavy atom. The van der Waals surface area contributed by atoms with Crippen LogP contribution in [0.5, 0.6) is 23.0 Å². The summed E-state index contributed by atoms with van der Waals surface area (Å²) in [7, 11) is 0. The summed E-state index contributed by atoms with van der Waals surface area (Å²) in [4.78, 5) is 29.0. The first-order chi connectivity index (χ1) is 31.9. The SMILES string of the molecule is CC(C)(c1ccc(Oc2ccc(-c3nc(-c4ccccc4)nc(-c4ccccc4)n3)cc2)cc1)c1ccc(Oc2ccc(-c3nc(-c4ccccc4)nc(-c4ccccc4)n3)cc2)cc1. The highest BCUT2D eigenvalue weighted by atomic mass is 16.5. The van der Waals surface area contributed by atoms with Crippen molar-refractivity contribution in [1.29, 1.82) is 0 Å². The molecule has 312 valence electrons. The summed E-state index contributed by atoms with van der Waals surface area (Å²) in [5.41, 5.74) is 7.50. The molecule has 2 heterocycles. The topological polar surface area (TPSA) is 95.8 Å². The summed E-state index contributed by atoms with van der Waals surface area (Å²) in [5, 5.41) is 0. The lowest BCUT2D eigenvalue weighted by molar-refractivity contribution is 0.481. The van der Waals surface area contributed by atoms with Crippen LogP contribution in [0.15, 0.2) is 218 Å². The van der Waals surface area contributed by atoms with Crippen LogP contribution >= 0.6 is 0 Å². The van der Waals surface area contributed by atoms with E-state index in [1.807, 2.05) is 194 Å². The Morgan fingerprint density at radius 3 is 0.677 bits per heavy atom. The van der Waals surface area contributed by atoms with E-state index in [9.17, 15) is 0 Å². The molecule has 10 rings (SSSR count). The Hall–Kier alpha value is -8.62. The number of nitrogens with zero attached hydrogens (tertiary/aromatic N) is 6. The van der Waals surface area contributed by atoms with Gasteiger partial charge < -0.3 is 9.47 Å². The van der Waals surface area contributed by atoms with Crippen molar-refractivity contribution < 1.29 is 9.47 Å². The molecule has 0 aliphatic rings. The number of aromatic nitrogens is 6. The average molecular weight is 843 g/mol. The highest BCUT2D eigenvalue weighted by molar-refractivity contribution is 5.68. The maximum atomic E-state index is 6.30. The highest BCUT2D eigenvalue weighted by Crippen LogP contribution is 2.36. The molecule has 8 nitrogen and oxygen atoms in total. The predicted molar refractivity (Wildman–Crippen MR) is 257 cm³/mol. The van der Waals surface area contributed by atoms with Gasteiger partial charge in [0.15, 0.2) is 34.9 Å². The molecule has 0 amide bonds. The fourth-order valence-electron chi connectivity index (χ4n) is 7.54. The first-order valence-electron chi connectivity index (χ1n) is 21.4. The van der Waals surface area contributed by atoms with Crippen LogP contribution in [-0.2, 0) is 5.41 Å². The molecule has 65 heavy (non-hydrogen) atoms. The van der Waals surface area contributed by atoms with E-state index in [0.717, 1.165) is 56.0 Å². The molecule has 0 fully saturated rings. The van der Waals surface area contributed by atoms with Gasteiger partial charge in [-0.25, -0.2) is 29.9 Å². The largest absolute Gasteiger partial charge is 0.457 e. The lowest BCUT2D eigenvalue weighted by Crippen LogP contribution is -2.18. The number of ether oxygens (including phenoxy) is 2. The number of hydrogen-bond donors (Lipinski definition) is 0. The van der Waals surface area contributed by atoms with Crippen molar-refractivity contribution in [3.63, 3.8) is 0 Å². The Bertz CT molecular complexity index is 2840. The van der Waals surface area contributed by atoms with E-state index >= 15 is 0 Å². The van der Waals surface area contributed by atoms with Crippen LogP contribution in [-0.4, -0.2) is 29.9 Å². The van der Waals surface area contributed by atoms with E-state index in [2.05, 4.69) is 38.1 Å². The maximum Gasteiger partial charge on any atom is 0.164 e. The van der Waals surface area contributed by atoms with Crippen molar-refractivity contribution in [3.8, 4) is 91.3 Å². The van der Waals surface area contributed by atoms with Crippen molar-refractivity contribution in [2.45, 2.75) is 19.3 Å². The Morgan fingerprint density at radius 1 is 0.246 bits per heavy atom. The third-order valence-electron chi connectivity index (χ3n) is 11.2. The molecule has 0 atom stereocenters. The molecule has 0 spiro atoms. The molecule has 0 N–H and O–H groups in total. The zero-order valence-electron chi connectivity index (χ0n) is 35.8. The van der Waals surface area contributed by atoms with E-state index in [0.29, 0.717) is 46.4 Å². The minimum atomic E-state index is -0.274. The van der Waals surface area contributed by atoms with E-state index in [1.54, 1.807) is 0 Å². The monoisotopic (exact) mass is 842 g/mol. The molecule has 0 aliphatic carbocycles. The second-order valence-corrected chi connectivity index (χ2v) is 16.0. The fraction of sp³-hybridized carbons (Fsp3) is 0.0526. The van der Waals surface area contributed by atoms with Gasteiger partial charge in [0.2, 0.25) is 0 Å². The summed E-state index contributed by atoms with van der Waals surface area (Å²) in [6.45, 7) is 4.44. The summed E-state index contributed by atoms with van der Waals surface area (Å²) < 4.78 is 12.6. The van der Waals surface area contributed by atoms with Crippen LogP contribution in [0.1, 0.15) is 25.0 Å². The zero-order valence-corrected chi connectivity index (χ0v) is 35.8. The molecule has 0 aliphatic heterocycles. The minimum absolute atomic E-state index is 0.274. The fourth-order valence-corrected chi connectivity index (χ4v) is 7.54. The van der Waals surface area contributed by atoms with Crippen LogP contribution in [0.25, 0.3) is 68.3 Å². The van der Waals surface area contributed by atoms with Gasteiger partial charge in [0.05, 0.1) is 0 Å². The Kier molecular flexibility index (Phi) is 11.2. The van der Waals surface area contributed by atoms with E-state index in [1.165, 1.54) is 0 Å². The van der Waals surface area contributed by atoms with Gasteiger partial charge in [-0.3, -0.25) is 0 Å². The summed E-state index contributed by atoms with van der Waals surface area (Å²) in [6.07, 6.45) is 0. The van der Waals surface area contributed by atoms with Crippen LogP contribution < -0.4 is 9.47 Å². The molecule has 0 radical (unpaired) electrons. The summed E-state index contributed by atoms with van der Waals surface area (Å²) in [5.74, 6) is 6.60. The summed E-state index contributed by atoms with van der Waals surface area (Å²) >= 11 is 0. The second-order valence-electron chi connectivity index (χ2n) is 16.0. The average Bonchev–Trinajstić information content (AvgIpc) is 3.38. The van der Waals surface area contributed by atoms with Crippen LogP contribution in [0.4, 0.5) is 0 Å². The van der Waals surface area contributed by atoms with Crippen molar-refractivity contribution in [2.75, 3.05) is 0 Å². The molecule has 2 aromatic heterocycles. The summed E-state index contributed by atoms with van der Waals surface area (Å²) in [6, 6.07) is 72.1. The first-order valence-corrected chi connectivity index (χ1v) is 21.4. The van der Waals surface area contributed by atoms with Gasteiger partial charge in [-0.1, -0.05) is 159 Å². The Balaban J connectivity index is 0.802. The third kappa shape index (κ3) is 9.14. The van der Waals surface area contributed by atoms with Gasteiger partial charge in [0.1, 0.15) is 23.0 Å². The quantitative estimate of drug-likeness (QED) is 0.120. The molecule has 0 saturated heterocycles. The zero-order chi connectivity index (χ0) is 44.0. The molecule has 8 heteroatoms. The van der Waals surface area contributed by atoms with Gasteiger partial charge in [0.25, 0.3) is 0 Å². The van der Waals surface area contributed by atoms with Gasteiger partial charge in [-0.2, -0.15) is 0 Å². The van der Waals surface area contributed by atoms with E-state index < -0.39 is 0 Å². The Labute approximate surface area is 378 Å². The number of rotatable bonds is 12. The standard InChI is InChI=1S/C57H42N6O2/c1-57(2,45-27-35-49(36-28-45)64-47-31-23-43(24-32-47)55-60-51(39-15-7-3-8-16-39)58-52(61-55)40-17-9-4-10-18-40)46-29-37-50(38-30-46)65-48-33-25-44(26-34-48)56-62-53(41-19-11-5-12-20-41)59-54(63-56)42-21-13-6-14-22-42/h3-38H,1-2H3. The van der Waals surface area contributed by atoms with Crippen molar-refractivity contribution >= 4 is 0 Å². The minimum Gasteiger partial charge on any atom is -0.457 e. The van der Waals surface area contributed by atoms with Crippen molar-refractivity contribution in [3.05, 3.63) is 230 Å². The van der Waals surface area contributed by atoms with Gasteiger partial charge >= 0.3 is 0 Å². The molecule has 10 aromatic rings. The van der Waals surface area contributed by atoms with Gasteiger partial charge in [-0.15, -0.1) is 0 Å².